The standard InChI is InChI=1S/C16H30N2O/c1-5-6-7-8-9-10-11-15(18-17)16-12(2)13(3)19-14(16)4/h15,18H,5-11,17H2,1-4H3. The molecule has 3 nitrogen and oxygen atoms in total. The quantitative estimate of drug-likeness (QED) is 0.394. The van der Waals surface area contributed by atoms with Gasteiger partial charge in [0.2, 0.25) is 0 Å². The Morgan fingerprint density at radius 2 is 1.63 bits per heavy atom. The van der Waals surface area contributed by atoms with Gasteiger partial charge in [-0.2, -0.15) is 0 Å². The lowest BCUT2D eigenvalue weighted by atomic mass is 9.97. The van der Waals surface area contributed by atoms with E-state index in [1.165, 1.54) is 49.7 Å². The molecule has 0 fully saturated rings. The topological polar surface area (TPSA) is 51.2 Å². The maximum absolute atomic E-state index is 5.72. The zero-order valence-electron chi connectivity index (χ0n) is 13.0. The molecule has 0 radical (unpaired) electrons. The molecule has 1 heterocycles. The molecular weight excluding hydrogens is 236 g/mol. The number of hydrogen-bond acceptors (Lipinski definition) is 3. The van der Waals surface area contributed by atoms with Crippen LogP contribution in [0.5, 0.6) is 0 Å². The van der Waals surface area contributed by atoms with Crippen LogP contribution in [0, 0.1) is 20.8 Å². The van der Waals surface area contributed by atoms with Crippen LogP contribution in [0.3, 0.4) is 0 Å². The molecule has 0 aliphatic carbocycles. The number of aryl methyl sites for hydroxylation is 2. The van der Waals surface area contributed by atoms with E-state index in [0.717, 1.165) is 17.9 Å². The van der Waals surface area contributed by atoms with Gasteiger partial charge in [0.1, 0.15) is 11.5 Å². The Labute approximate surface area is 117 Å². The summed E-state index contributed by atoms with van der Waals surface area (Å²) >= 11 is 0. The van der Waals surface area contributed by atoms with Crippen molar-refractivity contribution >= 4 is 0 Å². The molecule has 110 valence electrons. The minimum Gasteiger partial charge on any atom is -0.466 e. The molecule has 0 spiro atoms. The highest BCUT2D eigenvalue weighted by Crippen LogP contribution is 2.29. The third-order valence-corrected chi connectivity index (χ3v) is 4.01. The van der Waals surface area contributed by atoms with Crippen molar-refractivity contribution in [3.8, 4) is 0 Å². The first-order chi connectivity index (χ1) is 9.11. The summed E-state index contributed by atoms with van der Waals surface area (Å²) in [6.07, 6.45) is 8.98. The third kappa shape index (κ3) is 4.66. The van der Waals surface area contributed by atoms with Crippen molar-refractivity contribution in [1.82, 2.24) is 5.43 Å². The first-order valence-corrected chi connectivity index (χ1v) is 7.64. The summed E-state index contributed by atoms with van der Waals surface area (Å²) < 4.78 is 5.69. The Morgan fingerprint density at radius 3 is 2.16 bits per heavy atom. The summed E-state index contributed by atoms with van der Waals surface area (Å²) in [5, 5.41) is 0. The second-order valence-corrected chi connectivity index (χ2v) is 5.53. The molecule has 0 saturated heterocycles. The Morgan fingerprint density at radius 1 is 1.00 bits per heavy atom. The Hall–Kier alpha value is -0.800. The van der Waals surface area contributed by atoms with Crippen LogP contribution >= 0.6 is 0 Å². The van der Waals surface area contributed by atoms with Gasteiger partial charge < -0.3 is 4.42 Å². The van der Waals surface area contributed by atoms with Crippen LogP contribution in [0.2, 0.25) is 0 Å². The van der Waals surface area contributed by atoms with E-state index in [9.17, 15) is 0 Å². The molecule has 0 amide bonds. The molecule has 0 bridgehead atoms. The monoisotopic (exact) mass is 266 g/mol. The summed E-state index contributed by atoms with van der Waals surface area (Å²) in [5.74, 6) is 7.74. The van der Waals surface area contributed by atoms with E-state index in [-0.39, 0.29) is 6.04 Å². The molecule has 0 aliphatic rings. The molecular formula is C16H30N2O. The number of furan rings is 1. The van der Waals surface area contributed by atoms with Crippen LogP contribution in [0.15, 0.2) is 4.42 Å². The van der Waals surface area contributed by atoms with Gasteiger partial charge in [0.05, 0.1) is 0 Å². The average Bonchev–Trinajstić information content (AvgIpc) is 2.64. The van der Waals surface area contributed by atoms with Crippen molar-refractivity contribution in [2.45, 2.75) is 78.7 Å². The number of hydrogen-bond donors (Lipinski definition) is 2. The van der Waals surface area contributed by atoms with E-state index < -0.39 is 0 Å². The minimum absolute atomic E-state index is 0.226. The van der Waals surface area contributed by atoms with Gasteiger partial charge in [-0.15, -0.1) is 0 Å². The molecule has 1 atom stereocenters. The zero-order valence-corrected chi connectivity index (χ0v) is 13.0. The summed E-state index contributed by atoms with van der Waals surface area (Å²) in [4.78, 5) is 0. The van der Waals surface area contributed by atoms with E-state index in [1.807, 2.05) is 13.8 Å². The van der Waals surface area contributed by atoms with Crippen LogP contribution < -0.4 is 11.3 Å². The molecule has 1 unspecified atom stereocenters. The fourth-order valence-corrected chi connectivity index (χ4v) is 2.76. The van der Waals surface area contributed by atoms with Crippen LogP contribution in [0.25, 0.3) is 0 Å². The Bertz CT molecular complexity index is 371. The number of nitrogens with two attached hydrogens (primary N) is 1. The van der Waals surface area contributed by atoms with Crippen LogP contribution in [0.4, 0.5) is 0 Å². The molecule has 19 heavy (non-hydrogen) atoms. The molecule has 0 aromatic carbocycles. The number of hydrazine groups is 1. The van der Waals surface area contributed by atoms with E-state index in [4.69, 9.17) is 10.3 Å². The van der Waals surface area contributed by atoms with Gasteiger partial charge >= 0.3 is 0 Å². The predicted molar refractivity (Wildman–Crippen MR) is 81.0 cm³/mol. The minimum atomic E-state index is 0.226. The van der Waals surface area contributed by atoms with Crippen LogP contribution in [-0.2, 0) is 0 Å². The van der Waals surface area contributed by atoms with Gasteiger partial charge in [-0.05, 0) is 32.8 Å². The molecule has 1 aromatic rings. The zero-order chi connectivity index (χ0) is 14.3. The van der Waals surface area contributed by atoms with Gasteiger partial charge in [0.15, 0.2) is 0 Å². The van der Waals surface area contributed by atoms with E-state index in [1.54, 1.807) is 0 Å². The molecule has 3 N–H and O–H groups in total. The lowest BCUT2D eigenvalue weighted by Gasteiger charge is -2.16. The van der Waals surface area contributed by atoms with Gasteiger partial charge in [-0.3, -0.25) is 11.3 Å². The normalized spacial score (nSPS) is 12.9. The van der Waals surface area contributed by atoms with Crippen molar-refractivity contribution in [1.29, 1.82) is 0 Å². The Kier molecular flexibility index (Phi) is 7.17. The fourth-order valence-electron chi connectivity index (χ4n) is 2.76. The first-order valence-electron chi connectivity index (χ1n) is 7.64. The van der Waals surface area contributed by atoms with Crippen molar-refractivity contribution in [3.63, 3.8) is 0 Å². The highest BCUT2D eigenvalue weighted by Gasteiger charge is 2.19. The predicted octanol–water partition coefficient (Wildman–Crippen LogP) is 4.46. The van der Waals surface area contributed by atoms with E-state index in [0.29, 0.717) is 0 Å². The lowest BCUT2D eigenvalue weighted by Crippen LogP contribution is -2.28. The smallest absolute Gasteiger partial charge is 0.106 e. The van der Waals surface area contributed by atoms with Gasteiger partial charge in [-0.1, -0.05) is 45.4 Å². The van der Waals surface area contributed by atoms with E-state index >= 15 is 0 Å². The molecule has 0 aliphatic heterocycles. The van der Waals surface area contributed by atoms with Crippen molar-refractivity contribution < 1.29 is 4.42 Å². The SMILES string of the molecule is CCCCCCCCC(NN)c1c(C)oc(C)c1C. The van der Waals surface area contributed by atoms with Crippen LogP contribution in [-0.4, -0.2) is 0 Å². The van der Waals surface area contributed by atoms with Gasteiger partial charge in [-0.25, -0.2) is 0 Å². The maximum atomic E-state index is 5.72. The van der Waals surface area contributed by atoms with E-state index in [2.05, 4.69) is 19.3 Å². The third-order valence-electron chi connectivity index (χ3n) is 4.01. The van der Waals surface area contributed by atoms with Gasteiger partial charge in [0, 0.05) is 11.6 Å². The van der Waals surface area contributed by atoms with Crippen molar-refractivity contribution in [2.24, 2.45) is 5.84 Å². The molecule has 1 aromatic heterocycles. The highest BCUT2D eigenvalue weighted by molar-refractivity contribution is 5.34. The lowest BCUT2D eigenvalue weighted by molar-refractivity contribution is 0.456. The maximum Gasteiger partial charge on any atom is 0.106 e. The summed E-state index contributed by atoms with van der Waals surface area (Å²) in [6, 6.07) is 0.226. The first kappa shape index (κ1) is 16.3. The average molecular weight is 266 g/mol. The highest BCUT2D eigenvalue weighted by atomic mass is 16.3. The molecule has 0 saturated carbocycles. The molecule has 1 rings (SSSR count). The van der Waals surface area contributed by atoms with Crippen LogP contribution in [0.1, 0.15) is 80.6 Å². The molecule has 3 heteroatoms. The number of rotatable bonds is 9. The number of nitrogens with one attached hydrogen (secondary N) is 1. The summed E-state index contributed by atoms with van der Waals surface area (Å²) in [5.41, 5.74) is 5.46. The second-order valence-electron chi connectivity index (χ2n) is 5.53. The Balaban J connectivity index is 2.45. The number of unbranched alkanes of at least 4 members (excludes halogenated alkanes) is 5. The van der Waals surface area contributed by atoms with Gasteiger partial charge in [0.25, 0.3) is 0 Å². The van der Waals surface area contributed by atoms with Crippen molar-refractivity contribution in [2.75, 3.05) is 0 Å². The largest absolute Gasteiger partial charge is 0.466 e. The summed E-state index contributed by atoms with van der Waals surface area (Å²) in [6.45, 7) is 8.42. The fraction of sp³-hybridized carbons (Fsp3) is 0.750. The van der Waals surface area contributed by atoms with Crippen molar-refractivity contribution in [3.05, 3.63) is 22.6 Å². The second kappa shape index (κ2) is 8.39. The summed E-state index contributed by atoms with van der Waals surface area (Å²) in [7, 11) is 0.